The van der Waals surface area contributed by atoms with E-state index in [1.807, 2.05) is 4.90 Å². The zero-order valence-corrected chi connectivity index (χ0v) is 13.0. The van der Waals surface area contributed by atoms with Gasteiger partial charge in [0.25, 0.3) is 0 Å². The molecule has 4 fully saturated rings. The molecule has 0 spiro atoms. The van der Waals surface area contributed by atoms with E-state index in [-0.39, 0.29) is 12.0 Å². The van der Waals surface area contributed by atoms with Crippen molar-refractivity contribution in [3.8, 4) is 0 Å². The summed E-state index contributed by atoms with van der Waals surface area (Å²) in [6, 6.07) is -0.606. The van der Waals surface area contributed by atoms with Crippen molar-refractivity contribution in [3.63, 3.8) is 0 Å². The average Bonchev–Trinajstić information content (AvgIpc) is 3.12. The molecule has 4 rings (SSSR count). The number of alkyl carbamates (subject to hydrolysis) is 1. The fraction of sp³-hybridized carbons (Fsp3) is 0.875. The molecule has 6 heteroatoms. The lowest BCUT2D eigenvalue weighted by Gasteiger charge is -2.56. The Morgan fingerprint density at radius 1 is 1.14 bits per heavy atom. The molecule has 2 heterocycles. The summed E-state index contributed by atoms with van der Waals surface area (Å²) < 4.78 is 10.3. The minimum Gasteiger partial charge on any atom is -0.453 e. The first-order chi connectivity index (χ1) is 10.7. The van der Waals surface area contributed by atoms with E-state index in [1.165, 1.54) is 20.0 Å². The lowest BCUT2D eigenvalue weighted by Crippen LogP contribution is -2.53. The molecule has 0 radical (unpaired) electrons. The van der Waals surface area contributed by atoms with Crippen LogP contribution in [0, 0.1) is 23.7 Å². The van der Waals surface area contributed by atoms with Crippen molar-refractivity contribution in [2.24, 2.45) is 23.7 Å². The summed E-state index contributed by atoms with van der Waals surface area (Å²) >= 11 is 0. The number of nitrogens with one attached hydrogen (secondary N) is 1. The summed E-state index contributed by atoms with van der Waals surface area (Å²) in [6.45, 7) is 2.38. The molecule has 6 atom stereocenters. The van der Waals surface area contributed by atoms with Crippen LogP contribution in [0.2, 0.25) is 0 Å². The number of rotatable bonds is 3. The Hall–Kier alpha value is -1.30. The summed E-state index contributed by atoms with van der Waals surface area (Å²) in [4.78, 5) is 26.5. The van der Waals surface area contributed by atoms with Crippen LogP contribution < -0.4 is 5.32 Å². The topological polar surface area (TPSA) is 67.9 Å². The zero-order valence-electron chi connectivity index (χ0n) is 13.0. The number of hydrogen-bond donors (Lipinski definition) is 1. The number of hydrogen-bond acceptors (Lipinski definition) is 4. The van der Waals surface area contributed by atoms with Crippen molar-refractivity contribution in [2.75, 3.05) is 26.8 Å². The van der Waals surface area contributed by atoms with Crippen LogP contribution in [0.4, 0.5) is 4.79 Å². The largest absolute Gasteiger partial charge is 0.453 e. The standard InChI is InChI=1S/C16H24N2O4/c1-21-16(20)17-14(13-3-2-6-22-13)15(19)18-7-11-9-4-5-10(9)12(11)8-18/h9-14H,2-8H2,1H3,(H,17,20)/t9-,10?,11?,12?,13?,14+/m1/s1. The maximum atomic E-state index is 12.9. The Bertz CT molecular complexity index is 459. The first-order valence-corrected chi connectivity index (χ1v) is 8.44. The second kappa shape index (κ2) is 5.41. The van der Waals surface area contributed by atoms with Crippen molar-refractivity contribution in [3.05, 3.63) is 0 Å². The molecule has 0 bridgehead atoms. The Labute approximate surface area is 130 Å². The van der Waals surface area contributed by atoms with Gasteiger partial charge in [0.1, 0.15) is 6.04 Å². The molecule has 2 saturated carbocycles. The van der Waals surface area contributed by atoms with Gasteiger partial charge >= 0.3 is 6.09 Å². The van der Waals surface area contributed by atoms with Crippen molar-refractivity contribution < 1.29 is 19.1 Å². The van der Waals surface area contributed by atoms with Crippen molar-refractivity contribution in [2.45, 2.75) is 37.8 Å². The first kappa shape index (κ1) is 14.3. The van der Waals surface area contributed by atoms with E-state index < -0.39 is 12.1 Å². The van der Waals surface area contributed by atoms with E-state index in [9.17, 15) is 9.59 Å². The highest BCUT2D eigenvalue weighted by Crippen LogP contribution is 2.61. The van der Waals surface area contributed by atoms with Crippen LogP contribution in [-0.2, 0) is 14.3 Å². The van der Waals surface area contributed by atoms with Crippen LogP contribution in [0.25, 0.3) is 0 Å². The van der Waals surface area contributed by atoms with Crippen molar-refractivity contribution in [1.29, 1.82) is 0 Å². The Morgan fingerprint density at radius 2 is 1.82 bits per heavy atom. The quantitative estimate of drug-likeness (QED) is 0.845. The number of carbonyl (C=O) groups is 2. The fourth-order valence-corrected chi connectivity index (χ4v) is 4.97. The van der Waals surface area contributed by atoms with Crippen LogP contribution in [0.1, 0.15) is 25.7 Å². The SMILES string of the molecule is COC(=O)N[C@H](C(=O)N1CC2C3CC[C@H]3C2C1)C1CCCO1. The first-order valence-electron chi connectivity index (χ1n) is 8.44. The third-order valence-electron chi connectivity index (χ3n) is 6.27. The van der Waals surface area contributed by atoms with Gasteiger partial charge in [0.2, 0.25) is 5.91 Å². The lowest BCUT2D eigenvalue weighted by molar-refractivity contribution is -0.135. The molecule has 2 saturated heterocycles. The number of ether oxygens (including phenoxy) is 2. The van der Waals surface area contributed by atoms with E-state index in [1.54, 1.807) is 0 Å². The van der Waals surface area contributed by atoms with Crippen LogP contribution in [-0.4, -0.2) is 55.9 Å². The average molecular weight is 308 g/mol. The molecule has 0 aromatic heterocycles. The van der Waals surface area contributed by atoms with Crippen LogP contribution in [0.5, 0.6) is 0 Å². The van der Waals surface area contributed by atoms with Gasteiger partial charge in [-0.3, -0.25) is 4.79 Å². The van der Waals surface area contributed by atoms with Gasteiger partial charge < -0.3 is 19.7 Å². The van der Waals surface area contributed by atoms with Crippen LogP contribution in [0.3, 0.4) is 0 Å². The molecule has 1 N–H and O–H groups in total. The second-order valence-corrected chi connectivity index (χ2v) is 7.14. The molecule has 2 aliphatic carbocycles. The van der Waals surface area contributed by atoms with E-state index in [4.69, 9.17) is 4.74 Å². The normalized spacial score (nSPS) is 40.0. The van der Waals surface area contributed by atoms with Gasteiger partial charge in [0.15, 0.2) is 0 Å². The summed E-state index contributed by atoms with van der Waals surface area (Å²) in [5.41, 5.74) is 0. The van der Waals surface area contributed by atoms with E-state index in [0.29, 0.717) is 18.4 Å². The predicted molar refractivity (Wildman–Crippen MR) is 78.1 cm³/mol. The van der Waals surface area contributed by atoms with Crippen LogP contribution in [0.15, 0.2) is 0 Å². The number of methoxy groups -OCH3 is 1. The predicted octanol–water partition coefficient (Wildman–Crippen LogP) is 1.00. The number of carbonyl (C=O) groups excluding carboxylic acids is 2. The molecular formula is C16H24N2O4. The fourth-order valence-electron chi connectivity index (χ4n) is 4.97. The molecule has 4 unspecified atom stereocenters. The molecule has 122 valence electrons. The molecule has 4 aliphatic rings. The summed E-state index contributed by atoms with van der Waals surface area (Å²) in [7, 11) is 1.32. The number of amides is 2. The minimum absolute atomic E-state index is 0.00565. The monoisotopic (exact) mass is 308 g/mol. The highest BCUT2D eigenvalue weighted by molar-refractivity contribution is 5.86. The van der Waals surface area contributed by atoms with Crippen molar-refractivity contribution in [1.82, 2.24) is 10.2 Å². The summed E-state index contributed by atoms with van der Waals surface area (Å²) in [6.07, 6.45) is 3.64. The molecule has 0 aromatic rings. The van der Waals surface area contributed by atoms with E-state index in [2.05, 4.69) is 10.1 Å². The highest BCUT2D eigenvalue weighted by Gasteiger charge is 2.59. The van der Waals surface area contributed by atoms with E-state index >= 15 is 0 Å². The molecule has 2 aliphatic heterocycles. The molecular weight excluding hydrogens is 284 g/mol. The number of likely N-dealkylation sites (tertiary alicyclic amines) is 1. The summed E-state index contributed by atoms with van der Waals surface area (Å²) in [5, 5.41) is 2.70. The molecule has 2 amide bonds. The van der Waals surface area contributed by atoms with Gasteiger partial charge in [0, 0.05) is 19.7 Å². The smallest absolute Gasteiger partial charge is 0.407 e. The van der Waals surface area contributed by atoms with Gasteiger partial charge in [-0.25, -0.2) is 4.79 Å². The van der Waals surface area contributed by atoms with Gasteiger partial charge in [0.05, 0.1) is 13.2 Å². The van der Waals surface area contributed by atoms with Gasteiger partial charge in [-0.15, -0.1) is 0 Å². The Kier molecular flexibility index (Phi) is 3.51. The molecule has 22 heavy (non-hydrogen) atoms. The maximum absolute atomic E-state index is 12.9. The third kappa shape index (κ3) is 2.11. The van der Waals surface area contributed by atoms with Gasteiger partial charge in [-0.2, -0.15) is 0 Å². The zero-order chi connectivity index (χ0) is 15.3. The van der Waals surface area contributed by atoms with Gasteiger partial charge in [-0.1, -0.05) is 0 Å². The Balaban J connectivity index is 1.44. The molecule has 6 nitrogen and oxygen atoms in total. The highest BCUT2D eigenvalue weighted by atomic mass is 16.5. The van der Waals surface area contributed by atoms with E-state index in [0.717, 1.165) is 37.8 Å². The van der Waals surface area contributed by atoms with Gasteiger partial charge in [-0.05, 0) is 49.4 Å². The lowest BCUT2D eigenvalue weighted by atomic mass is 9.48. The second-order valence-electron chi connectivity index (χ2n) is 7.14. The maximum Gasteiger partial charge on any atom is 0.407 e. The number of fused-ring (bicyclic) bond motifs is 4. The Morgan fingerprint density at radius 3 is 2.32 bits per heavy atom. The summed E-state index contributed by atoms with van der Waals surface area (Å²) in [5.74, 6) is 3.12. The van der Waals surface area contributed by atoms with Crippen molar-refractivity contribution >= 4 is 12.0 Å². The number of nitrogens with zero attached hydrogens (tertiary/aromatic N) is 1. The minimum atomic E-state index is -0.606. The third-order valence-corrected chi connectivity index (χ3v) is 6.27. The van der Waals surface area contributed by atoms with Crippen LogP contribution >= 0.6 is 0 Å². The molecule has 0 aromatic carbocycles.